The maximum atomic E-state index is 11.6. The number of ether oxygens (including phenoxy) is 4. The Hall–Kier alpha value is -0.690. The number of aliphatic hydroxyl groups excluding tert-OH is 1. The summed E-state index contributed by atoms with van der Waals surface area (Å²) in [5.41, 5.74) is 0. The van der Waals surface area contributed by atoms with Crippen LogP contribution in [0.4, 0.5) is 0 Å². The van der Waals surface area contributed by atoms with Crippen LogP contribution >= 0.6 is 0 Å². The van der Waals surface area contributed by atoms with E-state index in [9.17, 15) is 9.90 Å². The van der Waals surface area contributed by atoms with Crippen molar-refractivity contribution in [3.8, 4) is 0 Å². The van der Waals surface area contributed by atoms with Gasteiger partial charge in [0.05, 0.1) is 25.7 Å². The molecule has 0 spiro atoms. The number of fused-ring (bicyclic) bond motifs is 1. The molecule has 0 aliphatic carbocycles. The van der Waals surface area contributed by atoms with Gasteiger partial charge in [0.1, 0.15) is 6.10 Å². The van der Waals surface area contributed by atoms with Crippen LogP contribution in [0.25, 0.3) is 0 Å². The topological polar surface area (TPSA) is 74.2 Å². The summed E-state index contributed by atoms with van der Waals surface area (Å²) >= 11 is 0. The van der Waals surface area contributed by atoms with E-state index in [1.165, 1.54) is 0 Å². The Morgan fingerprint density at radius 2 is 2.11 bits per heavy atom. The minimum Gasteiger partial charge on any atom is -0.466 e. The number of carbonyl (C=O) groups excluding carboxylic acids is 1. The average molecular weight is 260 g/mol. The lowest BCUT2D eigenvalue weighted by atomic mass is 9.95. The van der Waals surface area contributed by atoms with Gasteiger partial charge in [-0.05, 0) is 20.8 Å². The summed E-state index contributed by atoms with van der Waals surface area (Å²) in [5, 5.41) is 9.28. The molecule has 2 fully saturated rings. The number of rotatable bonds is 4. The first kappa shape index (κ1) is 13.7. The van der Waals surface area contributed by atoms with E-state index in [0.29, 0.717) is 6.61 Å². The van der Waals surface area contributed by atoms with Gasteiger partial charge in [0.15, 0.2) is 12.1 Å². The summed E-state index contributed by atoms with van der Waals surface area (Å²) in [6, 6.07) is 0. The zero-order valence-corrected chi connectivity index (χ0v) is 10.9. The van der Waals surface area contributed by atoms with Gasteiger partial charge in [-0.2, -0.15) is 0 Å². The van der Waals surface area contributed by atoms with Gasteiger partial charge in [0.25, 0.3) is 0 Å². The van der Waals surface area contributed by atoms with Crippen molar-refractivity contribution in [1.29, 1.82) is 0 Å². The molecule has 0 aromatic carbocycles. The molecule has 0 radical (unpaired) electrons. The van der Waals surface area contributed by atoms with Gasteiger partial charge in [0, 0.05) is 5.92 Å². The van der Waals surface area contributed by atoms with Gasteiger partial charge in [-0.15, -0.1) is 0 Å². The van der Waals surface area contributed by atoms with Crippen molar-refractivity contribution in [2.75, 3.05) is 13.2 Å². The molecular formula is C12H20O6. The number of aliphatic hydroxyl groups is 1. The van der Waals surface area contributed by atoms with Gasteiger partial charge < -0.3 is 24.1 Å². The molecule has 0 bridgehead atoms. The monoisotopic (exact) mass is 260 g/mol. The normalized spacial score (nSPS) is 37.6. The van der Waals surface area contributed by atoms with Crippen LogP contribution in [0, 0.1) is 5.92 Å². The van der Waals surface area contributed by atoms with Gasteiger partial charge in [0.2, 0.25) is 0 Å². The van der Waals surface area contributed by atoms with Gasteiger partial charge in [-0.25, -0.2) is 0 Å². The molecule has 4 atom stereocenters. The second-order valence-corrected chi connectivity index (χ2v) is 5.00. The summed E-state index contributed by atoms with van der Waals surface area (Å²) in [6.45, 7) is 5.53. The fourth-order valence-corrected chi connectivity index (χ4v) is 2.48. The molecule has 18 heavy (non-hydrogen) atoms. The van der Waals surface area contributed by atoms with Crippen molar-refractivity contribution < 1.29 is 28.8 Å². The zero-order valence-electron chi connectivity index (χ0n) is 10.9. The third kappa shape index (κ3) is 2.66. The van der Waals surface area contributed by atoms with Crippen LogP contribution in [0.5, 0.6) is 0 Å². The Bertz CT molecular complexity index is 316. The van der Waals surface area contributed by atoms with Gasteiger partial charge in [-0.1, -0.05) is 0 Å². The molecule has 2 saturated heterocycles. The standard InChI is InChI=1S/C12H20O6/c1-4-15-9(14)5-7-8(6-13)16-11-10(7)17-12(2,3)18-11/h7-8,10-11,13H,4-6H2,1-3H3/t7-,8-,10-,11-/m1/s1. The van der Waals surface area contributed by atoms with Crippen LogP contribution in [0.15, 0.2) is 0 Å². The summed E-state index contributed by atoms with van der Waals surface area (Å²) < 4.78 is 21.8. The van der Waals surface area contributed by atoms with E-state index in [-0.39, 0.29) is 31.0 Å². The summed E-state index contributed by atoms with van der Waals surface area (Å²) in [6.07, 6.45) is -1.13. The Morgan fingerprint density at radius 3 is 2.72 bits per heavy atom. The molecule has 0 aromatic heterocycles. The van der Waals surface area contributed by atoms with Crippen LogP contribution in [-0.4, -0.2) is 48.6 Å². The van der Waals surface area contributed by atoms with Crippen molar-refractivity contribution in [2.24, 2.45) is 5.92 Å². The molecule has 2 aliphatic rings. The van der Waals surface area contributed by atoms with E-state index >= 15 is 0 Å². The molecule has 0 aromatic rings. The van der Waals surface area contributed by atoms with E-state index in [1.807, 2.05) is 0 Å². The molecule has 104 valence electrons. The number of esters is 1. The maximum absolute atomic E-state index is 11.6. The lowest BCUT2D eigenvalue weighted by Gasteiger charge is -2.24. The second-order valence-electron chi connectivity index (χ2n) is 5.00. The van der Waals surface area contributed by atoms with Crippen LogP contribution in [0.1, 0.15) is 27.2 Å². The predicted octanol–water partition coefficient (Wildman–Crippen LogP) is 0.424. The summed E-state index contributed by atoms with van der Waals surface area (Å²) in [7, 11) is 0. The maximum Gasteiger partial charge on any atom is 0.306 e. The molecule has 6 heteroatoms. The zero-order chi connectivity index (χ0) is 13.3. The summed E-state index contributed by atoms with van der Waals surface area (Å²) in [5.74, 6) is -1.26. The van der Waals surface area contributed by atoms with Crippen molar-refractivity contribution >= 4 is 5.97 Å². The Morgan fingerprint density at radius 1 is 1.39 bits per heavy atom. The van der Waals surface area contributed by atoms with Crippen molar-refractivity contribution in [3.63, 3.8) is 0 Å². The number of carbonyl (C=O) groups is 1. The minimum atomic E-state index is -0.720. The van der Waals surface area contributed by atoms with Crippen molar-refractivity contribution in [1.82, 2.24) is 0 Å². The van der Waals surface area contributed by atoms with Crippen molar-refractivity contribution in [3.05, 3.63) is 0 Å². The largest absolute Gasteiger partial charge is 0.466 e. The molecule has 2 aliphatic heterocycles. The van der Waals surface area contributed by atoms with E-state index in [1.54, 1.807) is 20.8 Å². The first-order valence-corrected chi connectivity index (χ1v) is 6.24. The Labute approximate surface area is 106 Å². The Kier molecular flexibility index (Phi) is 3.91. The molecule has 0 amide bonds. The van der Waals surface area contributed by atoms with Crippen LogP contribution in [-0.2, 0) is 23.7 Å². The third-order valence-electron chi connectivity index (χ3n) is 3.18. The lowest BCUT2D eigenvalue weighted by Crippen LogP contribution is -2.33. The highest BCUT2D eigenvalue weighted by Crippen LogP contribution is 2.41. The van der Waals surface area contributed by atoms with E-state index in [4.69, 9.17) is 18.9 Å². The number of hydrogen-bond acceptors (Lipinski definition) is 6. The SMILES string of the molecule is CCOC(=O)C[C@H]1[C@H]2OC(C)(C)O[C@H]2O[C@@H]1CO. The molecule has 0 unspecified atom stereocenters. The van der Waals surface area contributed by atoms with Crippen LogP contribution in [0.2, 0.25) is 0 Å². The van der Waals surface area contributed by atoms with Crippen molar-refractivity contribution in [2.45, 2.75) is 51.5 Å². The molecule has 0 saturated carbocycles. The average Bonchev–Trinajstić information content (AvgIpc) is 2.72. The van der Waals surface area contributed by atoms with Crippen LogP contribution < -0.4 is 0 Å². The quantitative estimate of drug-likeness (QED) is 0.739. The van der Waals surface area contributed by atoms with E-state index in [2.05, 4.69) is 0 Å². The second kappa shape index (κ2) is 5.13. The van der Waals surface area contributed by atoms with E-state index in [0.717, 1.165) is 0 Å². The smallest absolute Gasteiger partial charge is 0.306 e. The number of hydrogen-bond donors (Lipinski definition) is 1. The van der Waals surface area contributed by atoms with Gasteiger partial charge >= 0.3 is 5.97 Å². The fraction of sp³-hybridized carbons (Fsp3) is 0.917. The van der Waals surface area contributed by atoms with Crippen LogP contribution in [0.3, 0.4) is 0 Å². The molecular weight excluding hydrogens is 240 g/mol. The third-order valence-corrected chi connectivity index (χ3v) is 3.18. The fourth-order valence-electron chi connectivity index (χ4n) is 2.48. The lowest BCUT2D eigenvalue weighted by molar-refractivity contribution is -0.214. The molecule has 2 rings (SSSR count). The highest BCUT2D eigenvalue weighted by molar-refractivity contribution is 5.69. The van der Waals surface area contributed by atoms with E-state index < -0.39 is 18.2 Å². The highest BCUT2D eigenvalue weighted by Gasteiger charge is 2.54. The molecule has 2 heterocycles. The summed E-state index contributed by atoms with van der Waals surface area (Å²) in [4.78, 5) is 11.6. The van der Waals surface area contributed by atoms with Gasteiger partial charge in [-0.3, -0.25) is 4.79 Å². The first-order valence-electron chi connectivity index (χ1n) is 6.24. The predicted molar refractivity (Wildman–Crippen MR) is 60.5 cm³/mol. The first-order chi connectivity index (χ1) is 8.46. The Balaban J connectivity index is 2.03. The molecule has 1 N–H and O–H groups in total. The molecule has 6 nitrogen and oxygen atoms in total. The highest BCUT2D eigenvalue weighted by atomic mass is 16.8. The minimum absolute atomic E-state index is 0.162.